The quantitative estimate of drug-likeness (QED) is 0.860. The van der Waals surface area contributed by atoms with Gasteiger partial charge in [0.15, 0.2) is 0 Å². The van der Waals surface area contributed by atoms with Crippen LogP contribution < -0.4 is 10.5 Å². The van der Waals surface area contributed by atoms with E-state index in [2.05, 4.69) is 4.98 Å². The largest absolute Gasteiger partial charge is 0.481 e. The summed E-state index contributed by atoms with van der Waals surface area (Å²) in [5, 5.41) is 0.977. The zero-order valence-corrected chi connectivity index (χ0v) is 12.2. The molecule has 0 aliphatic carbocycles. The van der Waals surface area contributed by atoms with Gasteiger partial charge in [-0.15, -0.1) is 0 Å². The summed E-state index contributed by atoms with van der Waals surface area (Å²) in [5.74, 6) is 0.701. The van der Waals surface area contributed by atoms with Gasteiger partial charge in [0.2, 0.25) is 0 Å². The maximum absolute atomic E-state index is 6.16. The third kappa shape index (κ3) is 3.31. The molecule has 1 aromatic heterocycles. The van der Waals surface area contributed by atoms with E-state index < -0.39 is 5.60 Å². The van der Waals surface area contributed by atoms with E-state index in [0.29, 0.717) is 27.2 Å². The molecule has 0 fully saturated rings. The van der Waals surface area contributed by atoms with Crippen molar-refractivity contribution in [1.82, 2.24) is 4.98 Å². The van der Waals surface area contributed by atoms with Gasteiger partial charge in [0.05, 0.1) is 10.0 Å². The second-order valence-corrected chi connectivity index (χ2v) is 5.51. The first kappa shape index (κ1) is 14.0. The van der Waals surface area contributed by atoms with E-state index in [4.69, 9.17) is 33.7 Å². The SMILES string of the molecule is CC(C)(Oc1ccc(N)cc1)c1ncc(Cl)cc1Cl. The Hall–Kier alpha value is -1.45. The van der Waals surface area contributed by atoms with Crippen LogP contribution in [0, 0.1) is 0 Å². The third-order valence-electron chi connectivity index (χ3n) is 2.63. The van der Waals surface area contributed by atoms with Crippen molar-refractivity contribution in [3.8, 4) is 5.75 Å². The molecule has 3 nitrogen and oxygen atoms in total. The number of hydrogen-bond donors (Lipinski definition) is 1. The van der Waals surface area contributed by atoms with Crippen molar-refractivity contribution in [2.45, 2.75) is 19.4 Å². The van der Waals surface area contributed by atoms with Gasteiger partial charge in [-0.05, 0) is 44.2 Å². The molecule has 0 unspecified atom stereocenters. The van der Waals surface area contributed by atoms with Crippen molar-refractivity contribution in [2.75, 3.05) is 5.73 Å². The summed E-state index contributed by atoms with van der Waals surface area (Å²) in [6.45, 7) is 3.79. The van der Waals surface area contributed by atoms with Gasteiger partial charge in [-0.3, -0.25) is 4.98 Å². The zero-order chi connectivity index (χ0) is 14.0. The number of nitrogens with zero attached hydrogens (tertiary/aromatic N) is 1. The predicted molar refractivity (Wildman–Crippen MR) is 78.8 cm³/mol. The van der Waals surface area contributed by atoms with Crippen LogP contribution in [0.4, 0.5) is 5.69 Å². The molecule has 5 heteroatoms. The number of nitrogen functional groups attached to an aromatic ring is 1. The average Bonchev–Trinajstić information content (AvgIpc) is 2.31. The maximum atomic E-state index is 6.16. The molecule has 100 valence electrons. The molecular formula is C14H14Cl2N2O. The van der Waals surface area contributed by atoms with Crippen molar-refractivity contribution < 1.29 is 4.74 Å². The van der Waals surface area contributed by atoms with Crippen molar-refractivity contribution >= 4 is 28.9 Å². The predicted octanol–water partition coefficient (Wildman–Crippen LogP) is 4.28. The Kier molecular flexibility index (Phi) is 3.88. The summed E-state index contributed by atoms with van der Waals surface area (Å²) >= 11 is 12.0. The van der Waals surface area contributed by atoms with Crippen LogP contribution in [0.25, 0.3) is 0 Å². The molecule has 2 N–H and O–H groups in total. The first-order valence-electron chi connectivity index (χ1n) is 5.74. The van der Waals surface area contributed by atoms with Crippen molar-refractivity contribution in [2.24, 2.45) is 0 Å². The van der Waals surface area contributed by atoms with Crippen LogP contribution in [0.2, 0.25) is 10.0 Å². The van der Waals surface area contributed by atoms with Crippen LogP contribution in [-0.4, -0.2) is 4.98 Å². The van der Waals surface area contributed by atoms with Crippen LogP contribution in [0.1, 0.15) is 19.5 Å². The molecule has 1 heterocycles. The number of hydrogen-bond acceptors (Lipinski definition) is 3. The summed E-state index contributed by atoms with van der Waals surface area (Å²) in [4.78, 5) is 4.25. The second-order valence-electron chi connectivity index (χ2n) is 4.67. The Morgan fingerprint density at radius 1 is 1.16 bits per heavy atom. The van der Waals surface area contributed by atoms with Crippen LogP contribution in [0.15, 0.2) is 36.5 Å². The number of rotatable bonds is 3. The van der Waals surface area contributed by atoms with Crippen LogP contribution >= 0.6 is 23.2 Å². The summed E-state index contributed by atoms with van der Waals surface area (Å²) in [5.41, 5.74) is 6.29. The summed E-state index contributed by atoms with van der Waals surface area (Å²) < 4.78 is 5.92. The molecule has 0 radical (unpaired) electrons. The van der Waals surface area contributed by atoms with Gasteiger partial charge in [0, 0.05) is 11.9 Å². The topological polar surface area (TPSA) is 48.1 Å². The van der Waals surface area contributed by atoms with Gasteiger partial charge >= 0.3 is 0 Å². The highest BCUT2D eigenvalue weighted by Gasteiger charge is 2.27. The van der Waals surface area contributed by atoms with Gasteiger partial charge in [-0.25, -0.2) is 0 Å². The van der Waals surface area contributed by atoms with E-state index >= 15 is 0 Å². The minimum atomic E-state index is -0.669. The maximum Gasteiger partial charge on any atom is 0.147 e. The lowest BCUT2D eigenvalue weighted by atomic mass is 10.0. The minimum absolute atomic E-state index is 0.480. The molecule has 0 saturated heterocycles. The van der Waals surface area contributed by atoms with Gasteiger partial charge in [-0.2, -0.15) is 0 Å². The Morgan fingerprint density at radius 3 is 2.37 bits per heavy atom. The van der Waals surface area contributed by atoms with Crippen LogP contribution in [0.5, 0.6) is 5.75 Å². The molecule has 0 atom stereocenters. The lowest BCUT2D eigenvalue weighted by molar-refractivity contribution is 0.104. The molecule has 0 amide bonds. The molecule has 0 aliphatic heterocycles. The Labute approximate surface area is 122 Å². The molecule has 2 rings (SSSR count). The standard InChI is InChI=1S/C14H14Cl2N2O/c1-14(2,13-12(16)7-9(15)8-18-13)19-11-5-3-10(17)4-6-11/h3-8H,17H2,1-2H3. The highest BCUT2D eigenvalue weighted by atomic mass is 35.5. The second kappa shape index (κ2) is 5.27. The fourth-order valence-corrected chi connectivity index (χ4v) is 2.34. The number of aromatic nitrogens is 1. The number of ether oxygens (including phenoxy) is 1. The van der Waals surface area contributed by atoms with E-state index in [9.17, 15) is 0 Å². The lowest BCUT2D eigenvalue weighted by Crippen LogP contribution is -2.27. The van der Waals surface area contributed by atoms with Crippen molar-refractivity contribution in [1.29, 1.82) is 0 Å². The van der Waals surface area contributed by atoms with E-state index in [1.807, 2.05) is 13.8 Å². The van der Waals surface area contributed by atoms with E-state index in [1.54, 1.807) is 36.5 Å². The van der Waals surface area contributed by atoms with Crippen molar-refractivity contribution in [3.63, 3.8) is 0 Å². The number of anilines is 1. The Morgan fingerprint density at radius 2 is 1.79 bits per heavy atom. The highest BCUT2D eigenvalue weighted by molar-refractivity contribution is 6.34. The lowest BCUT2D eigenvalue weighted by Gasteiger charge is -2.26. The Bertz CT molecular complexity index is 582. The van der Waals surface area contributed by atoms with Gasteiger partial charge in [0.25, 0.3) is 0 Å². The van der Waals surface area contributed by atoms with Gasteiger partial charge < -0.3 is 10.5 Å². The molecule has 0 aliphatic rings. The molecule has 1 aromatic carbocycles. The summed E-state index contributed by atoms with van der Waals surface area (Å²) in [6.07, 6.45) is 1.55. The third-order valence-corrected chi connectivity index (χ3v) is 3.13. The number of benzene rings is 1. The van der Waals surface area contributed by atoms with Crippen molar-refractivity contribution in [3.05, 3.63) is 52.3 Å². The van der Waals surface area contributed by atoms with Crippen LogP contribution in [0.3, 0.4) is 0 Å². The monoisotopic (exact) mass is 296 g/mol. The van der Waals surface area contributed by atoms with E-state index in [0.717, 1.165) is 0 Å². The van der Waals surface area contributed by atoms with Crippen LogP contribution in [-0.2, 0) is 5.60 Å². The summed E-state index contributed by atoms with van der Waals surface area (Å²) in [6, 6.07) is 8.83. The number of pyridine rings is 1. The van der Waals surface area contributed by atoms with E-state index in [-0.39, 0.29) is 0 Å². The first-order chi connectivity index (χ1) is 8.88. The average molecular weight is 297 g/mol. The molecule has 19 heavy (non-hydrogen) atoms. The van der Waals surface area contributed by atoms with Gasteiger partial charge in [0.1, 0.15) is 17.0 Å². The molecule has 0 bridgehead atoms. The minimum Gasteiger partial charge on any atom is -0.481 e. The summed E-state index contributed by atoms with van der Waals surface area (Å²) in [7, 11) is 0. The molecular weight excluding hydrogens is 283 g/mol. The molecule has 0 saturated carbocycles. The number of nitrogens with two attached hydrogens (primary N) is 1. The van der Waals surface area contributed by atoms with E-state index in [1.165, 1.54) is 0 Å². The highest BCUT2D eigenvalue weighted by Crippen LogP contribution is 2.32. The fraction of sp³-hybridized carbons (Fsp3) is 0.214. The molecule has 0 spiro atoms. The molecule has 2 aromatic rings. The normalized spacial score (nSPS) is 11.4. The number of halogens is 2. The zero-order valence-electron chi connectivity index (χ0n) is 10.7. The smallest absolute Gasteiger partial charge is 0.147 e. The fourth-order valence-electron chi connectivity index (χ4n) is 1.74. The first-order valence-corrected chi connectivity index (χ1v) is 6.50. The van der Waals surface area contributed by atoms with Gasteiger partial charge in [-0.1, -0.05) is 23.2 Å². The Balaban J connectivity index is 2.29.